The Morgan fingerprint density at radius 2 is 1.65 bits per heavy atom. The number of carboxylic acids is 1. The number of nitrogens with one attached hydrogen (secondary N) is 1. The lowest BCUT2D eigenvalue weighted by molar-refractivity contribution is -0.271. The molecule has 0 aliphatic carbocycles. The van der Waals surface area contributed by atoms with Gasteiger partial charge in [-0.15, -0.1) is 0 Å². The molecule has 0 unspecified atom stereocenters. The molecule has 1 saturated heterocycles. The highest BCUT2D eigenvalue weighted by Gasteiger charge is 2.48. The molecule has 0 radical (unpaired) electrons. The number of rotatable bonds is 16. The molecule has 1 fully saturated rings. The van der Waals surface area contributed by atoms with Crippen molar-refractivity contribution in [2.75, 3.05) is 32.9 Å². The second kappa shape index (κ2) is 15.3. The molecular weight excluding hydrogens is 532 g/mol. The maximum absolute atomic E-state index is 11.9. The van der Waals surface area contributed by atoms with E-state index in [2.05, 4.69) is 5.32 Å². The summed E-state index contributed by atoms with van der Waals surface area (Å²) < 4.78 is 21.6. The van der Waals surface area contributed by atoms with Crippen molar-refractivity contribution in [1.29, 1.82) is 0 Å². The monoisotopic (exact) mass is 566 g/mol. The molecule has 3 amide bonds. The lowest BCUT2D eigenvalue weighted by atomic mass is 9.99. The van der Waals surface area contributed by atoms with Crippen molar-refractivity contribution in [1.82, 2.24) is 10.2 Å². The van der Waals surface area contributed by atoms with E-state index < -0.39 is 36.7 Å². The number of hydrogen-bond donors (Lipinski definition) is 5. The van der Waals surface area contributed by atoms with Gasteiger partial charge in [0.15, 0.2) is 6.10 Å². The zero-order valence-electron chi connectivity index (χ0n) is 21.7. The van der Waals surface area contributed by atoms with Crippen molar-refractivity contribution in [2.45, 2.75) is 56.4 Å². The van der Waals surface area contributed by atoms with Crippen LogP contribution in [0.15, 0.2) is 36.4 Å². The fraction of sp³-hybridized carbons (Fsp3) is 0.538. The van der Waals surface area contributed by atoms with Crippen LogP contribution in [0.4, 0.5) is 0 Å². The van der Waals surface area contributed by atoms with Crippen molar-refractivity contribution in [3.63, 3.8) is 0 Å². The van der Waals surface area contributed by atoms with Gasteiger partial charge in [0.05, 0.1) is 13.2 Å². The SMILES string of the molecule is O=C(CCCCCN1C(=O)C=CC1=O)NCCOCCOc1cccc(O[C@@H]2O[C@H](C(=O)O)[C@@H](O)[C@H](O)[C@H]2O)c1. The average molecular weight is 567 g/mol. The summed E-state index contributed by atoms with van der Waals surface area (Å²) >= 11 is 0. The van der Waals surface area contributed by atoms with E-state index in [1.807, 2.05) is 0 Å². The number of imide groups is 1. The van der Waals surface area contributed by atoms with Crippen molar-refractivity contribution < 1.29 is 58.6 Å². The van der Waals surface area contributed by atoms with Gasteiger partial charge in [-0.1, -0.05) is 12.5 Å². The first-order chi connectivity index (χ1) is 19.2. The number of unbranched alkanes of at least 4 members (excludes halogenated alkanes) is 2. The van der Waals surface area contributed by atoms with E-state index in [9.17, 15) is 34.5 Å². The Labute approximate surface area is 230 Å². The molecule has 2 aliphatic heterocycles. The molecule has 0 spiro atoms. The predicted molar refractivity (Wildman–Crippen MR) is 135 cm³/mol. The third kappa shape index (κ3) is 8.99. The molecule has 0 saturated carbocycles. The summed E-state index contributed by atoms with van der Waals surface area (Å²) in [6.45, 7) is 1.37. The second-order valence-corrected chi connectivity index (χ2v) is 9.11. The number of carbonyl (C=O) groups is 4. The molecule has 5 atom stereocenters. The fourth-order valence-electron chi connectivity index (χ4n) is 3.98. The Morgan fingerprint density at radius 1 is 0.925 bits per heavy atom. The first-order valence-corrected chi connectivity index (χ1v) is 12.9. The van der Waals surface area contributed by atoms with Crippen molar-refractivity contribution >= 4 is 23.7 Å². The smallest absolute Gasteiger partial charge is 0.335 e. The number of carbonyl (C=O) groups excluding carboxylic acids is 3. The van der Waals surface area contributed by atoms with E-state index in [1.54, 1.807) is 12.1 Å². The van der Waals surface area contributed by atoms with Crippen LogP contribution in [0.5, 0.6) is 11.5 Å². The summed E-state index contributed by atoms with van der Waals surface area (Å²) in [7, 11) is 0. The summed E-state index contributed by atoms with van der Waals surface area (Å²) in [6, 6.07) is 6.23. The highest BCUT2D eigenvalue weighted by molar-refractivity contribution is 6.12. The van der Waals surface area contributed by atoms with Crippen LogP contribution in [0, 0.1) is 0 Å². The maximum Gasteiger partial charge on any atom is 0.335 e. The minimum atomic E-state index is -1.81. The average Bonchev–Trinajstić information content (AvgIpc) is 3.25. The van der Waals surface area contributed by atoms with E-state index in [0.717, 1.165) is 0 Å². The van der Waals surface area contributed by atoms with Crippen LogP contribution in [0.1, 0.15) is 25.7 Å². The zero-order chi connectivity index (χ0) is 29.1. The molecule has 1 aromatic rings. The van der Waals surface area contributed by atoms with E-state index in [1.165, 1.54) is 29.2 Å². The number of ether oxygens (including phenoxy) is 4. The number of aliphatic hydroxyl groups is 3. The van der Waals surface area contributed by atoms with Gasteiger partial charge in [-0.2, -0.15) is 0 Å². The first kappa shape index (κ1) is 31.0. The van der Waals surface area contributed by atoms with E-state index >= 15 is 0 Å². The Hall–Kier alpha value is -3.56. The van der Waals surface area contributed by atoms with Gasteiger partial charge in [-0.05, 0) is 25.0 Å². The predicted octanol–water partition coefficient (Wildman–Crippen LogP) is -1.05. The summed E-state index contributed by atoms with van der Waals surface area (Å²) in [4.78, 5) is 47.2. The Balaban J connectivity index is 1.25. The van der Waals surface area contributed by atoms with Crippen LogP contribution in [-0.4, -0.2) is 113 Å². The lowest BCUT2D eigenvalue weighted by Gasteiger charge is -2.38. The quantitative estimate of drug-likeness (QED) is 0.120. The van der Waals surface area contributed by atoms with Crippen molar-refractivity contribution in [2.24, 2.45) is 0 Å². The van der Waals surface area contributed by atoms with Crippen LogP contribution in [-0.2, 0) is 28.7 Å². The molecule has 0 bridgehead atoms. The maximum atomic E-state index is 11.9. The van der Waals surface area contributed by atoms with Crippen molar-refractivity contribution in [3.8, 4) is 11.5 Å². The minimum Gasteiger partial charge on any atom is -0.491 e. The van der Waals surface area contributed by atoms with Crippen LogP contribution >= 0.6 is 0 Å². The fourth-order valence-corrected chi connectivity index (χ4v) is 3.98. The molecule has 40 heavy (non-hydrogen) atoms. The van der Waals surface area contributed by atoms with E-state index in [4.69, 9.17) is 24.1 Å². The normalized spacial score (nSPS) is 24.3. The van der Waals surface area contributed by atoms with Crippen LogP contribution in [0.3, 0.4) is 0 Å². The summed E-state index contributed by atoms with van der Waals surface area (Å²) in [5.74, 6) is -1.66. The zero-order valence-corrected chi connectivity index (χ0v) is 21.7. The summed E-state index contributed by atoms with van der Waals surface area (Å²) in [6.07, 6.45) is -3.74. The van der Waals surface area contributed by atoms with E-state index in [0.29, 0.717) is 44.5 Å². The number of aliphatic carboxylic acids is 1. The molecule has 5 N–H and O–H groups in total. The van der Waals surface area contributed by atoms with E-state index in [-0.39, 0.29) is 43.3 Å². The Morgan fingerprint density at radius 3 is 2.38 bits per heavy atom. The number of carboxylic acid groups (broad SMARTS) is 1. The summed E-state index contributed by atoms with van der Waals surface area (Å²) in [5, 5.41) is 41.6. The van der Waals surface area contributed by atoms with Gasteiger partial charge in [0.1, 0.15) is 36.4 Å². The largest absolute Gasteiger partial charge is 0.491 e. The number of nitrogens with zero attached hydrogens (tertiary/aromatic N) is 1. The van der Waals surface area contributed by atoms with Crippen LogP contribution in [0.2, 0.25) is 0 Å². The van der Waals surface area contributed by atoms with Crippen LogP contribution < -0.4 is 14.8 Å². The third-order valence-corrected chi connectivity index (χ3v) is 6.12. The highest BCUT2D eigenvalue weighted by atomic mass is 16.7. The van der Waals surface area contributed by atoms with Crippen LogP contribution in [0.25, 0.3) is 0 Å². The Bertz CT molecular complexity index is 1050. The molecule has 220 valence electrons. The molecule has 3 rings (SSSR count). The Kier molecular flexibility index (Phi) is 11.8. The molecule has 14 heteroatoms. The molecule has 0 aromatic heterocycles. The number of amides is 3. The van der Waals surface area contributed by atoms with Crippen molar-refractivity contribution in [3.05, 3.63) is 36.4 Å². The van der Waals surface area contributed by atoms with Gasteiger partial charge in [0, 0.05) is 37.7 Å². The molecule has 14 nitrogen and oxygen atoms in total. The highest BCUT2D eigenvalue weighted by Crippen LogP contribution is 2.26. The molecule has 2 aliphatic rings. The van der Waals surface area contributed by atoms with Gasteiger partial charge in [0.25, 0.3) is 11.8 Å². The van der Waals surface area contributed by atoms with Gasteiger partial charge >= 0.3 is 5.97 Å². The second-order valence-electron chi connectivity index (χ2n) is 9.11. The summed E-state index contributed by atoms with van der Waals surface area (Å²) in [5.41, 5.74) is 0. The standard InChI is InChI=1S/C26H34N2O12/c29-18(7-2-1-3-11-28-19(30)8-9-20(28)31)27-10-12-37-13-14-38-16-5-4-6-17(15-16)39-26-23(34)21(32)22(33)24(40-26)25(35)36/h4-6,8-9,15,21-24,26,32-34H,1-3,7,10-14H2,(H,27,29)(H,35,36)/t21-,22-,23+,24-,26+/m0/s1. The third-order valence-electron chi connectivity index (χ3n) is 6.12. The first-order valence-electron chi connectivity index (χ1n) is 12.9. The number of benzene rings is 1. The topological polar surface area (TPSA) is 201 Å². The number of aliphatic hydroxyl groups excluding tert-OH is 3. The van der Waals surface area contributed by atoms with Gasteiger partial charge < -0.3 is 44.7 Å². The molecule has 1 aromatic carbocycles. The molecule has 2 heterocycles. The van der Waals surface area contributed by atoms with Gasteiger partial charge in [-0.3, -0.25) is 19.3 Å². The lowest BCUT2D eigenvalue weighted by Crippen LogP contribution is -2.61. The van der Waals surface area contributed by atoms with Gasteiger partial charge in [-0.25, -0.2) is 4.79 Å². The minimum absolute atomic E-state index is 0.115. The number of hydrogen-bond acceptors (Lipinski definition) is 11. The molecular formula is C26H34N2O12. The van der Waals surface area contributed by atoms with Gasteiger partial charge in [0.2, 0.25) is 12.2 Å².